The van der Waals surface area contributed by atoms with Crippen molar-refractivity contribution in [1.82, 2.24) is 13.7 Å². The van der Waals surface area contributed by atoms with Crippen LogP contribution in [0.15, 0.2) is 265 Å². The van der Waals surface area contributed by atoms with E-state index in [2.05, 4.69) is 202 Å². The van der Waals surface area contributed by atoms with E-state index >= 15 is 0 Å². The maximum Gasteiger partial charge on any atom is 0.206 e. The smallest absolute Gasteiger partial charge is 0.206 e. The molecule has 0 atom stereocenters. The van der Waals surface area contributed by atoms with Crippen molar-refractivity contribution in [3.63, 3.8) is 0 Å². The van der Waals surface area contributed by atoms with Gasteiger partial charge in [0.05, 0.1) is 54.5 Å². The van der Waals surface area contributed by atoms with Crippen LogP contribution in [-0.4, -0.2) is 22.1 Å². The first-order valence-corrected chi connectivity index (χ1v) is 27.7. The highest BCUT2D eigenvalue weighted by Crippen LogP contribution is 2.53. The van der Waals surface area contributed by atoms with Crippen LogP contribution in [0.5, 0.6) is 0 Å². The molecule has 0 aliphatic carbocycles. The minimum absolute atomic E-state index is 0.134. The van der Waals surface area contributed by atoms with Crippen LogP contribution in [-0.2, 0) is 9.84 Å². The van der Waals surface area contributed by atoms with Crippen LogP contribution in [0, 0.1) is 11.3 Å². The van der Waals surface area contributed by atoms with Crippen molar-refractivity contribution >= 4 is 118 Å². The van der Waals surface area contributed by atoms with Gasteiger partial charge in [-0.25, -0.2) is 8.42 Å². The number of fused-ring (bicyclic) bond motifs is 19. The number of allylic oxidation sites excluding steroid dienone is 4. The lowest BCUT2D eigenvalue weighted by Crippen LogP contribution is -2.03. The number of hydrogen-bond donors (Lipinski definition) is 0. The van der Waals surface area contributed by atoms with Gasteiger partial charge >= 0.3 is 0 Å². The predicted octanol–water partition coefficient (Wildman–Crippen LogP) is 18.4. The molecule has 0 saturated heterocycles. The fourth-order valence-corrected chi connectivity index (χ4v) is 13.4. The monoisotopic (exact) mass is 1020 g/mol. The lowest BCUT2D eigenvalue weighted by molar-refractivity contribution is 0.596. The van der Waals surface area contributed by atoms with E-state index in [4.69, 9.17) is 0 Å². The van der Waals surface area contributed by atoms with Crippen molar-refractivity contribution in [2.24, 2.45) is 0 Å². The Morgan fingerprint density at radius 1 is 0.359 bits per heavy atom. The first-order valence-electron chi connectivity index (χ1n) is 26.2. The van der Waals surface area contributed by atoms with Gasteiger partial charge in [0.25, 0.3) is 0 Å². The lowest BCUT2D eigenvalue weighted by Gasteiger charge is -2.14. The summed E-state index contributed by atoms with van der Waals surface area (Å²) < 4.78 is 36.1. The van der Waals surface area contributed by atoms with E-state index in [1.54, 1.807) is 24.3 Å². The molecule has 3 heterocycles. The van der Waals surface area contributed by atoms with Gasteiger partial charge in [-0.3, -0.25) is 0 Å². The molecule has 15 rings (SSSR count). The van der Waals surface area contributed by atoms with Gasteiger partial charge in [0.2, 0.25) is 9.84 Å². The summed E-state index contributed by atoms with van der Waals surface area (Å²) >= 11 is 0. The number of rotatable bonds is 6. The Labute approximate surface area is 450 Å². The third-order valence-electron chi connectivity index (χ3n) is 15.4. The second-order valence-electron chi connectivity index (χ2n) is 19.8. The number of hydrogen-bond acceptors (Lipinski definition) is 3. The van der Waals surface area contributed by atoms with Crippen LogP contribution < -0.4 is 0 Å². The van der Waals surface area contributed by atoms with Gasteiger partial charge < -0.3 is 13.7 Å². The quantitative estimate of drug-likeness (QED) is 0.156. The SMILES string of the molecule is C/C=C\C=C/C.N#Cc1ccc(S(=O)(=O)c2ccc(-n3c4c(c5ccccc5c5c4c4cc6ccccc6cc4n5-c4ccccc4)c4c5ccccc5c5c(c6cc7ccccc7cc6n5-c5ccccc5)c43)cc2)cc1. The fraction of sp³-hybridized carbons (Fsp3) is 0.0282. The molecule has 12 aromatic carbocycles. The summed E-state index contributed by atoms with van der Waals surface area (Å²) in [4.78, 5) is 0.302. The molecule has 0 spiro atoms. The van der Waals surface area contributed by atoms with Crippen LogP contribution in [0.1, 0.15) is 19.4 Å². The number of para-hydroxylation sites is 2. The van der Waals surface area contributed by atoms with Crippen LogP contribution in [0.4, 0.5) is 0 Å². The molecule has 6 nitrogen and oxygen atoms in total. The lowest BCUT2D eigenvalue weighted by atomic mass is 9.95. The Kier molecular flexibility index (Phi) is 11.0. The molecular formula is C71H48N4O2S. The van der Waals surface area contributed by atoms with Crippen molar-refractivity contribution in [3.05, 3.63) is 260 Å². The molecule has 0 unspecified atom stereocenters. The van der Waals surface area contributed by atoms with E-state index in [1.165, 1.54) is 12.1 Å². The van der Waals surface area contributed by atoms with Crippen molar-refractivity contribution in [2.75, 3.05) is 0 Å². The highest BCUT2D eigenvalue weighted by molar-refractivity contribution is 7.91. The van der Waals surface area contributed by atoms with E-state index in [-0.39, 0.29) is 9.79 Å². The van der Waals surface area contributed by atoms with E-state index < -0.39 is 9.84 Å². The van der Waals surface area contributed by atoms with Crippen molar-refractivity contribution in [2.45, 2.75) is 23.6 Å². The normalized spacial score (nSPS) is 12.2. The maximum absolute atomic E-state index is 14.4. The summed E-state index contributed by atoms with van der Waals surface area (Å²) in [6, 6.07) is 81.2. The second-order valence-corrected chi connectivity index (χ2v) is 21.7. The molecule has 0 saturated carbocycles. The number of benzene rings is 12. The molecule has 7 heteroatoms. The summed E-state index contributed by atoms with van der Waals surface area (Å²) in [7, 11) is -3.94. The van der Waals surface area contributed by atoms with Gasteiger partial charge in [0, 0.05) is 60.2 Å². The number of aromatic nitrogens is 3. The highest BCUT2D eigenvalue weighted by Gasteiger charge is 2.30. The molecule has 0 aliphatic heterocycles. The summed E-state index contributed by atoms with van der Waals surface area (Å²) in [6.07, 6.45) is 8.00. The third kappa shape index (κ3) is 7.04. The van der Waals surface area contributed by atoms with Crippen LogP contribution in [0.3, 0.4) is 0 Å². The zero-order valence-electron chi connectivity index (χ0n) is 42.8. The third-order valence-corrected chi connectivity index (χ3v) is 17.2. The summed E-state index contributed by atoms with van der Waals surface area (Å²) in [5.74, 6) is 0. The van der Waals surface area contributed by atoms with Crippen LogP contribution >= 0.6 is 0 Å². The molecular weight excluding hydrogens is 973 g/mol. The second kappa shape index (κ2) is 18.4. The number of nitriles is 1. The van der Waals surface area contributed by atoms with Gasteiger partial charge in [-0.15, -0.1) is 0 Å². The molecule has 15 aromatic rings. The molecule has 0 bridgehead atoms. The van der Waals surface area contributed by atoms with Gasteiger partial charge in [0.1, 0.15) is 0 Å². The Hall–Kier alpha value is -10.0. The van der Waals surface area contributed by atoms with Gasteiger partial charge in [0.15, 0.2) is 0 Å². The van der Waals surface area contributed by atoms with Crippen LogP contribution in [0.25, 0.3) is 126 Å². The van der Waals surface area contributed by atoms with Gasteiger partial charge in [-0.05, 0) is 143 Å². The minimum Gasteiger partial charge on any atom is -0.309 e. The summed E-state index contributed by atoms with van der Waals surface area (Å²) in [5, 5.41) is 25.3. The number of nitrogens with zero attached hydrogens (tertiary/aromatic N) is 4. The van der Waals surface area contributed by atoms with E-state index in [9.17, 15) is 13.7 Å². The largest absolute Gasteiger partial charge is 0.309 e. The van der Waals surface area contributed by atoms with Crippen molar-refractivity contribution < 1.29 is 8.42 Å². The molecule has 3 aromatic heterocycles. The summed E-state index contributed by atoms with van der Waals surface area (Å²) in [6.45, 7) is 4.00. The zero-order chi connectivity index (χ0) is 52.6. The van der Waals surface area contributed by atoms with Crippen LogP contribution in [0.2, 0.25) is 0 Å². The minimum atomic E-state index is -3.94. The van der Waals surface area contributed by atoms with Gasteiger partial charge in [-0.1, -0.05) is 158 Å². The Morgan fingerprint density at radius 2 is 0.718 bits per heavy atom. The summed E-state index contributed by atoms with van der Waals surface area (Å²) in [5.41, 5.74) is 9.79. The molecule has 0 radical (unpaired) electrons. The highest BCUT2D eigenvalue weighted by atomic mass is 32.2. The molecule has 370 valence electrons. The molecule has 0 amide bonds. The maximum atomic E-state index is 14.4. The van der Waals surface area contributed by atoms with Gasteiger partial charge in [-0.2, -0.15) is 5.26 Å². The number of sulfone groups is 1. The van der Waals surface area contributed by atoms with E-state index in [1.807, 2.05) is 50.3 Å². The average molecular weight is 1020 g/mol. The Morgan fingerprint density at radius 3 is 1.13 bits per heavy atom. The fourth-order valence-electron chi connectivity index (χ4n) is 12.1. The molecule has 78 heavy (non-hydrogen) atoms. The Bertz CT molecular complexity index is 4900. The van der Waals surface area contributed by atoms with E-state index in [0.717, 1.165) is 126 Å². The predicted molar refractivity (Wildman–Crippen MR) is 326 cm³/mol. The first-order chi connectivity index (χ1) is 38.4. The van der Waals surface area contributed by atoms with E-state index in [0.29, 0.717) is 5.56 Å². The standard InChI is InChI=1S/C65H38N4O2S.C6H10/c66-39-40-27-31-48(32-28-40)72(70,71)49-33-29-47(30-34-49)69-64-58(50-23-11-13-25-52(50)62-60(64)54-35-41-15-7-9-17-43(41)37-56(54)67(62)45-19-3-1-4-20-45)59-51-24-12-14-26-53(51)63-61(65(59)69)55-36-42-16-8-10-18-44(42)38-57(55)68(63)46-21-5-2-6-22-46;1-3-5-6-4-2/h1-38H;3-6H,1-2H3/b;5-3-,6-4-. The molecule has 0 fully saturated rings. The first kappa shape index (κ1) is 46.5. The van der Waals surface area contributed by atoms with Crippen molar-refractivity contribution in [1.29, 1.82) is 5.26 Å². The molecule has 0 N–H and O–H groups in total. The average Bonchev–Trinajstić information content (AvgIpc) is 3.37. The zero-order valence-corrected chi connectivity index (χ0v) is 43.6. The Balaban J connectivity index is 0.000000874. The molecule has 0 aliphatic rings. The van der Waals surface area contributed by atoms with Crippen molar-refractivity contribution in [3.8, 4) is 23.1 Å². The topological polar surface area (TPSA) is 72.7 Å².